The van der Waals surface area contributed by atoms with Crippen LogP contribution < -0.4 is 16.4 Å². The number of nitrogens with one attached hydrogen (secondary N) is 2. The molecule has 0 heterocycles. The third kappa shape index (κ3) is 41.4. The molecule has 19 nitrogen and oxygen atoms in total. The molecule has 332 valence electrons. The lowest BCUT2D eigenvalue weighted by Crippen LogP contribution is -2.42. The molecule has 0 spiro atoms. The molecule has 0 aliphatic carbocycles. The fraction of sp³-hybridized carbons (Fsp3) is 0.919. The summed E-state index contributed by atoms with van der Waals surface area (Å²) in [6.45, 7) is 15.0. The van der Waals surface area contributed by atoms with Crippen LogP contribution in [0.4, 0.5) is 4.79 Å². The molecule has 0 aliphatic rings. The molecule has 0 aromatic carbocycles. The van der Waals surface area contributed by atoms with E-state index in [1.165, 1.54) is 0 Å². The minimum Gasteiger partial charge on any atom is -0.462 e. The lowest BCUT2D eigenvalue weighted by atomic mass is 10.1. The summed E-state index contributed by atoms with van der Waals surface area (Å²) < 4.78 is 69.7. The van der Waals surface area contributed by atoms with E-state index in [1.807, 2.05) is 0 Å². The lowest BCUT2D eigenvalue weighted by Gasteiger charge is -2.20. The van der Waals surface area contributed by atoms with Gasteiger partial charge in [-0.2, -0.15) is 0 Å². The van der Waals surface area contributed by atoms with Crippen LogP contribution in [0.1, 0.15) is 46.5 Å². The minimum absolute atomic E-state index is 0.0127. The first-order valence-corrected chi connectivity index (χ1v) is 19.6. The molecule has 4 N–H and O–H groups in total. The average molecular weight is 816 g/mol. The van der Waals surface area contributed by atoms with Gasteiger partial charge in [-0.3, -0.25) is 4.79 Å². The Balaban J connectivity index is 4.18. The first-order valence-electron chi connectivity index (χ1n) is 19.6. The Morgan fingerprint density at radius 1 is 0.536 bits per heavy atom. The maximum Gasteiger partial charge on any atom is 0.407 e. The van der Waals surface area contributed by atoms with Crippen molar-refractivity contribution in [3.63, 3.8) is 0 Å². The molecule has 0 aromatic rings. The second kappa shape index (κ2) is 40.9. The van der Waals surface area contributed by atoms with E-state index >= 15 is 0 Å². The highest BCUT2D eigenvalue weighted by Crippen LogP contribution is 2.07. The number of esters is 1. The van der Waals surface area contributed by atoms with Crippen LogP contribution in [0.15, 0.2) is 0 Å². The van der Waals surface area contributed by atoms with Gasteiger partial charge in [-0.1, -0.05) is 0 Å². The van der Waals surface area contributed by atoms with Crippen molar-refractivity contribution in [1.29, 1.82) is 0 Å². The molecule has 0 saturated carbocycles. The SMILES string of the molecule is COCCOCCOCCOCCOCCOCCC(=O)N[C@H](CCCCNC(=O)OC(C)(C)C)C(=O)OCCOCCOCCOCCOCCOCCN. The van der Waals surface area contributed by atoms with E-state index in [4.69, 9.17) is 67.3 Å². The van der Waals surface area contributed by atoms with Crippen molar-refractivity contribution in [2.75, 3.05) is 166 Å². The molecule has 19 heteroatoms. The molecule has 2 amide bonds. The largest absolute Gasteiger partial charge is 0.462 e. The van der Waals surface area contributed by atoms with Crippen LogP contribution in [-0.2, 0) is 71.2 Å². The number of rotatable bonds is 42. The van der Waals surface area contributed by atoms with E-state index in [2.05, 4.69) is 10.6 Å². The monoisotopic (exact) mass is 815 g/mol. The summed E-state index contributed by atoms with van der Waals surface area (Å²) in [4.78, 5) is 37.4. The zero-order chi connectivity index (χ0) is 41.2. The molecule has 0 bridgehead atoms. The summed E-state index contributed by atoms with van der Waals surface area (Å²) in [6.07, 6.45) is 0.966. The molecule has 0 aromatic heterocycles. The Morgan fingerprint density at radius 2 is 0.929 bits per heavy atom. The minimum atomic E-state index is -0.870. The predicted molar refractivity (Wildman–Crippen MR) is 205 cm³/mol. The van der Waals surface area contributed by atoms with Gasteiger partial charge in [-0.15, -0.1) is 0 Å². The second-order valence-corrected chi connectivity index (χ2v) is 12.9. The zero-order valence-electron chi connectivity index (χ0n) is 34.5. The number of nitrogens with two attached hydrogens (primary N) is 1. The lowest BCUT2D eigenvalue weighted by molar-refractivity contribution is -0.149. The van der Waals surface area contributed by atoms with E-state index in [0.717, 1.165) is 0 Å². The standard InChI is InChI=1S/C37H73N3O16/c1-37(2,3)56-36(43)39-10-6-5-7-33(35(42)55-32-31-54-30-29-53-28-27-52-24-22-49-18-16-46-12-9-38)40-34(41)8-11-45-15-17-48-21-23-51-26-25-50-20-19-47-14-13-44-4/h33H,5-32,38H2,1-4H3,(H,39,43)(H,40,41)/t33-/m1/s1. The third-order valence-electron chi connectivity index (χ3n) is 6.82. The number of carbonyl (C=O) groups excluding carboxylic acids is 3. The second-order valence-electron chi connectivity index (χ2n) is 12.9. The van der Waals surface area contributed by atoms with Crippen molar-refractivity contribution >= 4 is 18.0 Å². The molecular weight excluding hydrogens is 742 g/mol. The van der Waals surface area contributed by atoms with Crippen LogP contribution in [-0.4, -0.2) is 195 Å². The van der Waals surface area contributed by atoms with Crippen LogP contribution in [0.2, 0.25) is 0 Å². The van der Waals surface area contributed by atoms with Gasteiger partial charge in [0.15, 0.2) is 0 Å². The summed E-state index contributed by atoms with van der Waals surface area (Å²) in [5.41, 5.74) is 4.74. The van der Waals surface area contributed by atoms with Crippen LogP contribution in [0.5, 0.6) is 0 Å². The highest BCUT2D eigenvalue weighted by molar-refractivity contribution is 5.84. The Labute approximate surface area is 333 Å². The smallest absolute Gasteiger partial charge is 0.407 e. The summed E-state index contributed by atoms with van der Waals surface area (Å²) in [7, 11) is 1.62. The molecule has 0 radical (unpaired) electrons. The van der Waals surface area contributed by atoms with Crippen molar-refractivity contribution < 1.29 is 76.0 Å². The first-order chi connectivity index (χ1) is 27.2. The van der Waals surface area contributed by atoms with Gasteiger partial charge in [0, 0.05) is 26.6 Å². The van der Waals surface area contributed by atoms with Gasteiger partial charge in [0.05, 0.1) is 139 Å². The normalized spacial score (nSPS) is 12.1. The highest BCUT2D eigenvalue weighted by Gasteiger charge is 2.22. The molecule has 0 aliphatic heterocycles. The first kappa shape index (κ1) is 53.7. The van der Waals surface area contributed by atoms with Crippen molar-refractivity contribution in [3.8, 4) is 0 Å². The van der Waals surface area contributed by atoms with Crippen LogP contribution in [0, 0.1) is 0 Å². The number of ether oxygens (including phenoxy) is 13. The Hall–Kier alpha value is -2.27. The number of amides is 2. The van der Waals surface area contributed by atoms with Gasteiger partial charge >= 0.3 is 12.1 Å². The van der Waals surface area contributed by atoms with Crippen molar-refractivity contribution in [3.05, 3.63) is 0 Å². The topological polar surface area (TPSA) is 221 Å². The highest BCUT2D eigenvalue weighted by atomic mass is 16.6. The Bertz CT molecular complexity index is 900. The quantitative estimate of drug-likeness (QED) is 0.0575. The number of unbranched alkanes of at least 4 members (excludes halogenated alkanes) is 1. The average Bonchev–Trinajstić information content (AvgIpc) is 3.15. The van der Waals surface area contributed by atoms with E-state index in [9.17, 15) is 14.4 Å². The molecule has 0 rings (SSSR count). The van der Waals surface area contributed by atoms with Gasteiger partial charge < -0.3 is 77.9 Å². The van der Waals surface area contributed by atoms with Gasteiger partial charge in [0.1, 0.15) is 18.2 Å². The molecule has 1 atom stereocenters. The molecule has 0 saturated heterocycles. The molecule has 56 heavy (non-hydrogen) atoms. The van der Waals surface area contributed by atoms with Gasteiger partial charge in [-0.25, -0.2) is 9.59 Å². The molecular formula is C37H73N3O16. The van der Waals surface area contributed by atoms with Crippen molar-refractivity contribution in [1.82, 2.24) is 10.6 Å². The van der Waals surface area contributed by atoms with Crippen LogP contribution in [0.25, 0.3) is 0 Å². The van der Waals surface area contributed by atoms with Gasteiger partial charge in [0.2, 0.25) is 5.91 Å². The third-order valence-corrected chi connectivity index (χ3v) is 6.82. The summed E-state index contributed by atoms with van der Waals surface area (Å²) >= 11 is 0. The fourth-order valence-corrected chi connectivity index (χ4v) is 4.15. The molecule has 0 fully saturated rings. The maximum atomic E-state index is 12.9. The van der Waals surface area contributed by atoms with Gasteiger partial charge in [0.25, 0.3) is 0 Å². The summed E-state index contributed by atoms with van der Waals surface area (Å²) in [5.74, 6) is -0.924. The number of methoxy groups -OCH3 is 1. The summed E-state index contributed by atoms with van der Waals surface area (Å²) in [6, 6.07) is -0.870. The number of alkyl carbamates (subject to hydrolysis) is 1. The maximum absolute atomic E-state index is 12.9. The zero-order valence-corrected chi connectivity index (χ0v) is 34.5. The summed E-state index contributed by atoms with van der Waals surface area (Å²) in [5, 5.41) is 5.43. The predicted octanol–water partition coefficient (Wildman–Crippen LogP) is 0.871. The number of carbonyl (C=O) groups is 3. The van der Waals surface area contributed by atoms with E-state index in [-0.39, 0.29) is 32.1 Å². The van der Waals surface area contributed by atoms with E-state index in [0.29, 0.717) is 158 Å². The molecule has 0 unspecified atom stereocenters. The number of hydrogen-bond donors (Lipinski definition) is 3. The van der Waals surface area contributed by atoms with E-state index < -0.39 is 23.7 Å². The van der Waals surface area contributed by atoms with Crippen LogP contribution >= 0.6 is 0 Å². The van der Waals surface area contributed by atoms with E-state index in [1.54, 1.807) is 27.9 Å². The Morgan fingerprint density at radius 3 is 1.34 bits per heavy atom. The number of hydrogen-bond acceptors (Lipinski definition) is 17. The fourth-order valence-electron chi connectivity index (χ4n) is 4.15. The van der Waals surface area contributed by atoms with Crippen LogP contribution in [0.3, 0.4) is 0 Å². The van der Waals surface area contributed by atoms with Crippen molar-refractivity contribution in [2.45, 2.75) is 58.1 Å². The van der Waals surface area contributed by atoms with Crippen molar-refractivity contribution in [2.24, 2.45) is 5.73 Å². The Kier molecular flexibility index (Phi) is 39.3. The van der Waals surface area contributed by atoms with Gasteiger partial charge in [-0.05, 0) is 40.0 Å².